The summed E-state index contributed by atoms with van der Waals surface area (Å²) < 4.78 is 2.10. The van der Waals surface area contributed by atoms with Gasteiger partial charge in [0.15, 0.2) is 10.9 Å². The topological polar surface area (TPSA) is 97.1 Å². The minimum atomic E-state index is -0.314. The standard InChI is InChI=1S/C22H22N4O3S/c1-14(27)23-18-11-17(9-10-19(18)28)20(29)13-30-22-25-24-21(16-7-8-16)26(22)12-15-5-3-2-4-6-15/h2-6,9-11,16,28H,7-8,12-13H2,1H3,(H,23,27). The Labute approximate surface area is 178 Å². The fraction of sp³-hybridized carbons (Fsp3) is 0.273. The van der Waals surface area contributed by atoms with E-state index in [2.05, 4.69) is 32.2 Å². The second-order valence-electron chi connectivity index (χ2n) is 7.31. The fourth-order valence-electron chi connectivity index (χ4n) is 3.18. The van der Waals surface area contributed by atoms with E-state index < -0.39 is 0 Å². The first-order valence-corrected chi connectivity index (χ1v) is 10.7. The van der Waals surface area contributed by atoms with Gasteiger partial charge < -0.3 is 15.0 Å². The Bertz CT molecular complexity index is 1080. The van der Waals surface area contributed by atoms with E-state index in [1.54, 1.807) is 6.07 Å². The van der Waals surface area contributed by atoms with Crippen molar-refractivity contribution in [3.8, 4) is 5.75 Å². The van der Waals surface area contributed by atoms with Crippen molar-refractivity contribution < 1.29 is 14.7 Å². The molecule has 4 rings (SSSR count). The second kappa shape index (κ2) is 8.71. The molecule has 2 aromatic carbocycles. The zero-order valence-corrected chi connectivity index (χ0v) is 17.4. The molecule has 0 unspecified atom stereocenters. The highest BCUT2D eigenvalue weighted by molar-refractivity contribution is 7.99. The van der Waals surface area contributed by atoms with Crippen LogP contribution in [-0.4, -0.2) is 37.3 Å². The van der Waals surface area contributed by atoms with Gasteiger partial charge in [-0.05, 0) is 36.6 Å². The Morgan fingerprint density at radius 1 is 1.17 bits per heavy atom. The van der Waals surface area contributed by atoms with E-state index in [0.29, 0.717) is 18.0 Å². The summed E-state index contributed by atoms with van der Waals surface area (Å²) in [4.78, 5) is 24.0. The van der Waals surface area contributed by atoms with E-state index in [9.17, 15) is 14.7 Å². The van der Waals surface area contributed by atoms with E-state index in [1.165, 1.54) is 30.8 Å². The van der Waals surface area contributed by atoms with Gasteiger partial charge in [0.25, 0.3) is 0 Å². The number of aromatic nitrogens is 3. The molecule has 1 fully saturated rings. The van der Waals surface area contributed by atoms with Gasteiger partial charge in [0.1, 0.15) is 11.6 Å². The van der Waals surface area contributed by atoms with E-state index in [4.69, 9.17) is 0 Å². The molecule has 0 aliphatic heterocycles. The molecule has 1 aromatic heterocycles. The first-order valence-electron chi connectivity index (χ1n) is 9.75. The van der Waals surface area contributed by atoms with Gasteiger partial charge in [0.2, 0.25) is 5.91 Å². The lowest BCUT2D eigenvalue weighted by Crippen LogP contribution is -2.09. The number of benzene rings is 2. The van der Waals surface area contributed by atoms with E-state index >= 15 is 0 Å². The summed E-state index contributed by atoms with van der Waals surface area (Å²) in [5, 5.41) is 21.8. The second-order valence-corrected chi connectivity index (χ2v) is 8.25. The molecule has 8 heteroatoms. The van der Waals surface area contributed by atoms with Crippen molar-refractivity contribution in [2.75, 3.05) is 11.1 Å². The SMILES string of the molecule is CC(=O)Nc1cc(C(=O)CSc2nnc(C3CC3)n2Cc2ccccc2)ccc1O. The molecule has 1 heterocycles. The largest absolute Gasteiger partial charge is 0.506 e. The number of carbonyl (C=O) groups is 2. The van der Waals surface area contributed by atoms with Gasteiger partial charge in [0.05, 0.1) is 18.0 Å². The number of thioether (sulfide) groups is 1. The predicted octanol–water partition coefficient (Wildman–Crippen LogP) is 3.84. The highest BCUT2D eigenvalue weighted by atomic mass is 32.2. The number of phenols is 1. The number of anilines is 1. The molecule has 1 amide bonds. The van der Waals surface area contributed by atoms with Crippen molar-refractivity contribution in [2.45, 2.75) is 37.4 Å². The van der Waals surface area contributed by atoms with Crippen molar-refractivity contribution in [1.82, 2.24) is 14.8 Å². The number of ketones is 1. The van der Waals surface area contributed by atoms with E-state index in [1.807, 2.05) is 18.2 Å². The van der Waals surface area contributed by atoms with Crippen LogP contribution in [0.3, 0.4) is 0 Å². The van der Waals surface area contributed by atoms with Gasteiger partial charge in [-0.15, -0.1) is 10.2 Å². The van der Waals surface area contributed by atoms with Crippen LogP contribution in [0.2, 0.25) is 0 Å². The average Bonchev–Trinajstić information content (AvgIpc) is 3.50. The number of carbonyl (C=O) groups excluding carboxylic acids is 2. The van der Waals surface area contributed by atoms with Gasteiger partial charge in [-0.3, -0.25) is 9.59 Å². The summed E-state index contributed by atoms with van der Waals surface area (Å²) in [7, 11) is 0. The van der Waals surface area contributed by atoms with Crippen LogP contribution in [0.5, 0.6) is 5.75 Å². The first kappa shape index (κ1) is 20.2. The monoisotopic (exact) mass is 422 g/mol. The van der Waals surface area contributed by atoms with E-state index in [0.717, 1.165) is 29.4 Å². The zero-order chi connectivity index (χ0) is 21.1. The maximum atomic E-state index is 12.7. The normalized spacial score (nSPS) is 13.2. The summed E-state index contributed by atoms with van der Waals surface area (Å²) in [6.45, 7) is 2.02. The van der Waals surface area contributed by atoms with Crippen molar-refractivity contribution in [1.29, 1.82) is 0 Å². The van der Waals surface area contributed by atoms with Gasteiger partial charge in [-0.1, -0.05) is 42.1 Å². The summed E-state index contributed by atoms with van der Waals surface area (Å²) >= 11 is 1.35. The van der Waals surface area contributed by atoms with Crippen molar-refractivity contribution in [2.24, 2.45) is 0 Å². The third kappa shape index (κ3) is 4.71. The Balaban J connectivity index is 1.50. The molecule has 0 spiro atoms. The molecule has 0 saturated heterocycles. The van der Waals surface area contributed by atoms with Crippen LogP contribution in [-0.2, 0) is 11.3 Å². The quantitative estimate of drug-likeness (QED) is 0.325. The molecule has 1 saturated carbocycles. The van der Waals surface area contributed by atoms with Gasteiger partial charge >= 0.3 is 0 Å². The summed E-state index contributed by atoms with van der Waals surface area (Å²) in [6, 6.07) is 14.6. The smallest absolute Gasteiger partial charge is 0.221 e. The number of nitrogens with zero attached hydrogens (tertiary/aromatic N) is 3. The molecule has 0 atom stereocenters. The Kier molecular flexibility index (Phi) is 5.85. The van der Waals surface area contributed by atoms with Crippen LogP contribution in [0.1, 0.15) is 47.4 Å². The molecule has 7 nitrogen and oxygen atoms in total. The number of rotatable bonds is 8. The minimum absolute atomic E-state index is 0.0777. The third-order valence-corrected chi connectivity index (χ3v) is 5.80. The molecule has 3 aromatic rings. The van der Waals surface area contributed by atoms with Gasteiger partial charge in [-0.2, -0.15) is 0 Å². The first-order chi connectivity index (χ1) is 14.5. The lowest BCUT2D eigenvalue weighted by Gasteiger charge is -2.10. The molecule has 154 valence electrons. The average molecular weight is 423 g/mol. The molecule has 0 bridgehead atoms. The summed E-state index contributed by atoms with van der Waals surface area (Å²) in [5.41, 5.74) is 1.80. The predicted molar refractivity (Wildman–Crippen MR) is 115 cm³/mol. The number of hydrogen-bond donors (Lipinski definition) is 2. The number of amides is 1. The Hall–Kier alpha value is -3.13. The maximum absolute atomic E-state index is 12.7. The van der Waals surface area contributed by atoms with Crippen LogP contribution in [0.25, 0.3) is 0 Å². The van der Waals surface area contributed by atoms with Crippen molar-refractivity contribution in [3.63, 3.8) is 0 Å². The van der Waals surface area contributed by atoms with Crippen LogP contribution in [0.4, 0.5) is 5.69 Å². The number of hydrogen-bond acceptors (Lipinski definition) is 6. The lowest BCUT2D eigenvalue weighted by molar-refractivity contribution is -0.114. The highest BCUT2D eigenvalue weighted by Gasteiger charge is 2.30. The molecule has 1 aliphatic carbocycles. The molecular weight excluding hydrogens is 400 g/mol. The van der Waals surface area contributed by atoms with Crippen molar-refractivity contribution in [3.05, 3.63) is 65.5 Å². The highest BCUT2D eigenvalue weighted by Crippen LogP contribution is 2.40. The summed E-state index contributed by atoms with van der Waals surface area (Å²) in [5.74, 6) is 1.10. The van der Waals surface area contributed by atoms with Gasteiger partial charge in [-0.25, -0.2) is 0 Å². The molecule has 30 heavy (non-hydrogen) atoms. The number of aromatic hydroxyl groups is 1. The Morgan fingerprint density at radius 3 is 2.63 bits per heavy atom. The summed E-state index contributed by atoms with van der Waals surface area (Å²) in [6.07, 6.45) is 2.24. The number of Topliss-reactive ketones (excluding diaryl/α,β-unsaturated/α-hetero) is 1. The van der Waals surface area contributed by atoms with E-state index in [-0.39, 0.29) is 28.9 Å². The third-order valence-electron chi connectivity index (χ3n) is 4.83. The lowest BCUT2D eigenvalue weighted by atomic mass is 10.1. The maximum Gasteiger partial charge on any atom is 0.221 e. The molecule has 0 radical (unpaired) electrons. The molecular formula is C22H22N4O3S. The van der Waals surface area contributed by atoms with Crippen LogP contribution in [0, 0.1) is 0 Å². The number of nitrogens with one attached hydrogen (secondary N) is 1. The zero-order valence-electron chi connectivity index (χ0n) is 16.5. The molecule has 2 N–H and O–H groups in total. The number of phenolic OH excluding ortho intramolecular Hbond substituents is 1. The minimum Gasteiger partial charge on any atom is -0.506 e. The van der Waals surface area contributed by atoms with Gasteiger partial charge in [0, 0.05) is 18.4 Å². The van der Waals surface area contributed by atoms with Crippen LogP contribution < -0.4 is 5.32 Å². The van der Waals surface area contributed by atoms with Crippen LogP contribution in [0.15, 0.2) is 53.7 Å². The fourth-order valence-corrected chi connectivity index (χ4v) is 4.02. The van der Waals surface area contributed by atoms with Crippen molar-refractivity contribution >= 4 is 29.1 Å². The Morgan fingerprint density at radius 2 is 1.93 bits per heavy atom. The molecule has 1 aliphatic rings. The van der Waals surface area contributed by atoms with Crippen LogP contribution >= 0.6 is 11.8 Å².